The van der Waals surface area contributed by atoms with E-state index in [0.29, 0.717) is 13.1 Å². The van der Waals surface area contributed by atoms with Gasteiger partial charge in [0.2, 0.25) is 10.0 Å². The van der Waals surface area contributed by atoms with Crippen molar-refractivity contribution in [1.82, 2.24) is 14.5 Å². The lowest BCUT2D eigenvalue weighted by Gasteiger charge is -2.35. The smallest absolute Gasteiger partial charge is 0.211 e. The number of nitrogens with one attached hydrogen (secondary N) is 1. The predicted octanol–water partition coefficient (Wildman–Crippen LogP) is 0.833. The molecule has 1 fully saturated rings. The minimum absolute atomic E-state index is 0.274. The quantitative estimate of drug-likeness (QED) is 0.875. The van der Waals surface area contributed by atoms with E-state index < -0.39 is 10.0 Å². The van der Waals surface area contributed by atoms with Crippen molar-refractivity contribution in [2.45, 2.75) is 13.0 Å². The zero-order valence-corrected chi connectivity index (χ0v) is 13.9. The van der Waals surface area contributed by atoms with E-state index in [9.17, 15) is 8.42 Å². The minimum atomic E-state index is -3.05. The Hall–Kier alpha value is -0.950. The van der Waals surface area contributed by atoms with E-state index in [4.69, 9.17) is 0 Å². The summed E-state index contributed by atoms with van der Waals surface area (Å²) >= 11 is 0. The van der Waals surface area contributed by atoms with Gasteiger partial charge >= 0.3 is 0 Å². The second-order valence-corrected chi connectivity index (χ2v) is 7.70. The summed E-state index contributed by atoms with van der Waals surface area (Å²) in [5.41, 5.74) is 2.53. The molecule has 1 aliphatic heterocycles. The van der Waals surface area contributed by atoms with Crippen LogP contribution in [0.2, 0.25) is 0 Å². The molecule has 21 heavy (non-hydrogen) atoms. The largest absolute Gasteiger partial charge is 0.312 e. The lowest BCUT2D eigenvalue weighted by molar-refractivity contribution is 0.174. The van der Waals surface area contributed by atoms with E-state index >= 15 is 0 Å². The number of nitrogens with zero attached hydrogens (tertiary/aromatic N) is 2. The Morgan fingerprint density at radius 3 is 2.19 bits per heavy atom. The van der Waals surface area contributed by atoms with E-state index in [2.05, 4.69) is 41.4 Å². The monoisotopic (exact) mass is 311 g/mol. The van der Waals surface area contributed by atoms with Crippen LogP contribution >= 0.6 is 0 Å². The van der Waals surface area contributed by atoms with Crippen LogP contribution in [-0.4, -0.2) is 63.7 Å². The number of aryl methyl sites for hydroxylation is 1. The summed E-state index contributed by atoms with van der Waals surface area (Å²) in [6.45, 7) is 5.74. The molecule has 0 aliphatic carbocycles. The minimum Gasteiger partial charge on any atom is -0.312 e. The second kappa shape index (κ2) is 6.87. The second-order valence-electron chi connectivity index (χ2n) is 5.71. The SMILES string of the molecule is CNC(CN1CCN(S(C)(=O)=O)CC1)c1ccc(C)cc1. The average Bonchev–Trinajstić information content (AvgIpc) is 2.45. The summed E-state index contributed by atoms with van der Waals surface area (Å²) in [5, 5.41) is 3.35. The van der Waals surface area contributed by atoms with E-state index in [-0.39, 0.29) is 6.04 Å². The van der Waals surface area contributed by atoms with Crippen molar-refractivity contribution in [3.63, 3.8) is 0 Å². The Morgan fingerprint density at radius 2 is 1.71 bits per heavy atom. The van der Waals surface area contributed by atoms with Gasteiger partial charge in [0.25, 0.3) is 0 Å². The van der Waals surface area contributed by atoms with Crippen LogP contribution < -0.4 is 5.32 Å². The molecule has 1 saturated heterocycles. The molecule has 6 heteroatoms. The van der Waals surface area contributed by atoms with Crippen LogP contribution in [0.1, 0.15) is 17.2 Å². The fourth-order valence-electron chi connectivity index (χ4n) is 2.66. The summed E-state index contributed by atoms with van der Waals surface area (Å²) in [4.78, 5) is 2.32. The molecule has 1 N–H and O–H groups in total. The van der Waals surface area contributed by atoms with Gasteiger partial charge in [0.1, 0.15) is 0 Å². The normalized spacial score (nSPS) is 19.6. The molecule has 1 aromatic rings. The van der Waals surface area contributed by atoms with E-state index in [1.807, 2.05) is 7.05 Å². The molecule has 0 aromatic heterocycles. The van der Waals surface area contributed by atoms with Crippen LogP contribution in [0.15, 0.2) is 24.3 Å². The molecule has 0 radical (unpaired) electrons. The standard InChI is InChI=1S/C15H25N3O2S/c1-13-4-6-14(7-5-13)15(16-2)12-17-8-10-18(11-9-17)21(3,19)20/h4-7,15-16H,8-12H2,1-3H3. The van der Waals surface area contributed by atoms with Gasteiger partial charge in [-0.1, -0.05) is 29.8 Å². The third-order valence-corrected chi connectivity index (χ3v) is 5.37. The molecule has 0 spiro atoms. The molecule has 0 bridgehead atoms. The fourth-order valence-corrected chi connectivity index (χ4v) is 3.49. The van der Waals surface area contributed by atoms with Crippen LogP contribution in [0.25, 0.3) is 0 Å². The van der Waals surface area contributed by atoms with Crippen LogP contribution in [0.4, 0.5) is 0 Å². The fraction of sp³-hybridized carbons (Fsp3) is 0.600. The first kappa shape index (κ1) is 16.4. The van der Waals surface area contributed by atoms with Crippen LogP contribution in [0.3, 0.4) is 0 Å². The van der Waals surface area contributed by atoms with Crippen molar-refractivity contribution in [2.75, 3.05) is 46.0 Å². The summed E-state index contributed by atoms with van der Waals surface area (Å²) in [6, 6.07) is 8.84. The lowest BCUT2D eigenvalue weighted by atomic mass is 10.0. The Labute approximate surface area is 128 Å². The van der Waals surface area contributed by atoms with E-state index in [1.54, 1.807) is 4.31 Å². The average molecular weight is 311 g/mol. The molecule has 2 rings (SSSR count). The van der Waals surface area contributed by atoms with Gasteiger partial charge in [0.15, 0.2) is 0 Å². The molecule has 1 aliphatic rings. The van der Waals surface area contributed by atoms with Gasteiger partial charge in [0, 0.05) is 38.8 Å². The maximum absolute atomic E-state index is 11.5. The molecular weight excluding hydrogens is 286 g/mol. The van der Waals surface area contributed by atoms with Crippen LogP contribution in [-0.2, 0) is 10.0 Å². The van der Waals surface area contributed by atoms with Crippen molar-refractivity contribution in [2.24, 2.45) is 0 Å². The number of sulfonamides is 1. The van der Waals surface area contributed by atoms with Gasteiger partial charge < -0.3 is 5.32 Å². The van der Waals surface area contributed by atoms with Gasteiger partial charge in [-0.3, -0.25) is 4.90 Å². The predicted molar refractivity (Wildman–Crippen MR) is 85.8 cm³/mol. The first-order valence-electron chi connectivity index (χ1n) is 7.31. The summed E-state index contributed by atoms with van der Waals surface area (Å²) < 4.78 is 24.6. The highest BCUT2D eigenvalue weighted by Crippen LogP contribution is 2.16. The number of hydrogen-bond acceptors (Lipinski definition) is 4. The van der Waals surface area contributed by atoms with Gasteiger partial charge in [-0.15, -0.1) is 0 Å². The third kappa shape index (κ3) is 4.51. The Balaban J connectivity index is 1.93. The zero-order chi connectivity index (χ0) is 15.5. The number of likely N-dealkylation sites (N-methyl/N-ethyl adjacent to an activating group) is 1. The summed E-state index contributed by atoms with van der Waals surface area (Å²) in [6.07, 6.45) is 1.28. The molecule has 1 heterocycles. The number of piperazine rings is 1. The first-order valence-corrected chi connectivity index (χ1v) is 9.16. The van der Waals surface area contributed by atoms with Gasteiger partial charge in [-0.25, -0.2) is 8.42 Å². The van der Waals surface area contributed by atoms with Crippen molar-refractivity contribution in [3.05, 3.63) is 35.4 Å². The molecule has 1 unspecified atom stereocenters. The molecule has 0 saturated carbocycles. The van der Waals surface area contributed by atoms with Crippen molar-refractivity contribution < 1.29 is 8.42 Å². The van der Waals surface area contributed by atoms with E-state index in [1.165, 1.54) is 17.4 Å². The highest BCUT2D eigenvalue weighted by Gasteiger charge is 2.24. The lowest BCUT2D eigenvalue weighted by Crippen LogP contribution is -2.50. The topological polar surface area (TPSA) is 52.6 Å². The van der Waals surface area contributed by atoms with Gasteiger partial charge in [0.05, 0.1) is 6.26 Å². The van der Waals surface area contributed by atoms with E-state index in [0.717, 1.165) is 19.6 Å². The Morgan fingerprint density at radius 1 is 1.14 bits per heavy atom. The Bertz CT molecular complexity index is 549. The highest BCUT2D eigenvalue weighted by molar-refractivity contribution is 7.88. The van der Waals surface area contributed by atoms with Gasteiger partial charge in [-0.2, -0.15) is 4.31 Å². The van der Waals surface area contributed by atoms with Crippen molar-refractivity contribution in [3.8, 4) is 0 Å². The number of rotatable bonds is 5. The third-order valence-electron chi connectivity index (χ3n) is 4.07. The maximum atomic E-state index is 11.5. The van der Waals surface area contributed by atoms with Crippen LogP contribution in [0, 0.1) is 6.92 Å². The molecule has 118 valence electrons. The first-order chi connectivity index (χ1) is 9.90. The maximum Gasteiger partial charge on any atom is 0.211 e. The molecule has 5 nitrogen and oxygen atoms in total. The molecule has 1 aromatic carbocycles. The van der Waals surface area contributed by atoms with Crippen LogP contribution in [0.5, 0.6) is 0 Å². The van der Waals surface area contributed by atoms with Gasteiger partial charge in [-0.05, 0) is 19.5 Å². The highest BCUT2D eigenvalue weighted by atomic mass is 32.2. The molecule has 0 amide bonds. The van der Waals surface area contributed by atoms with Crippen molar-refractivity contribution in [1.29, 1.82) is 0 Å². The molecular formula is C15H25N3O2S. The summed E-state index contributed by atoms with van der Waals surface area (Å²) in [7, 11) is -1.08. The molecule has 1 atom stereocenters. The zero-order valence-electron chi connectivity index (χ0n) is 13.0. The number of benzene rings is 1. The number of hydrogen-bond donors (Lipinski definition) is 1. The Kier molecular flexibility index (Phi) is 5.37. The summed E-state index contributed by atoms with van der Waals surface area (Å²) in [5.74, 6) is 0. The van der Waals surface area contributed by atoms with Crippen molar-refractivity contribution >= 4 is 10.0 Å².